The summed E-state index contributed by atoms with van der Waals surface area (Å²) >= 11 is 1.12. The zero-order valence-electron chi connectivity index (χ0n) is 17.7. The molecule has 1 aliphatic carbocycles. The highest BCUT2D eigenvalue weighted by atomic mass is 32.1. The molecule has 6 nitrogen and oxygen atoms in total. The zero-order chi connectivity index (χ0) is 21.8. The number of aromatic nitrogens is 2. The van der Waals surface area contributed by atoms with Gasteiger partial charge >= 0.3 is 0 Å². The summed E-state index contributed by atoms with van der Waals surface area (Å²) in [5, 5.41) is 8.81. The highest BCUT2D eigenvalue weighted by molar-refractivity contribution is 7.03. The SMILES string of the molecule is Cc1ccc([C@H](C(=O)NC2CCCC2)N(C(=O)c2csnn2)c2ccccc2C)cc1. The molecule has 1 saturated carbocycles. The molecule has 3 aromatic rings. The van der Waals surface area contributed by atoms with Gasteiger partial charge in [0.2, 0.25) is 5.91 Å². The van der Waals surface area contributed by atoms with Gasteiger partial charge in [-0.1, -0.05) is 65.4 Å². The van der Waals surface area contributed by atoms with Crippen molar-refractivity contribution >= 4 is 29.0 Å². The van der Waals surface area contributed by atoms with E-state index in [1.165, 1.54) is 0 Å². The number of nitrogens with zero attached hydrogens (tertiary/aromatic N) is 3. The molecule has 1 N–H and O–H groups in total. The molecule has 1 fully saturated rings. The Bertz CT molecular complexity index is 1040. The maximum atomic E-state index is 13.6. The molecule has 1 atom stereocenters. The van der Waals surface area contributed by atoms with Gasteiger partial charge in [-0.05, 0) is 55.4 Å². The Labute approximate surface area is 186 Å². The molecule has 0 unspecified atom stereocenters. The summed E-state index contributed by atoms with van der Waals surface area (Å²) in [5.41, 5.74) is 3.69. The highest BCUT2D eigenvalue weighted by Gasteiger charge is 2.36. The Balaban J connectivity index is 1.82. The molecule has 0 spiro atoms. The number of aryl methyl sites for hydroxylation is 2. The Morgan fingerprint density at radius 1 is 1.06 bits per heavy atom. The van der Waals surface area contributed by atoms with E-state index in [0.717, 1.165) is 53.9 Å². The van der Waals surface area contributed by atoms with Crippen LogP contribution in [0.25, 0.3) is 0 Å². The molecule has 2 amide bonds. The number of hydrogen-bond donors (Lipinski definition) is 1. The number of rotatable bonds is 6. The molecule has 160 valence electrons. The van der Waals surface area contributed by atoms with Crippen LogP contribution in [-0.2, 0) is 4.79 Å². The van der Waals surface area contributed by atoms with E-state index in [-0.39, 0.29) is 23.6 Å². The van der Waals surface area contributed by atoms with Gasteiger partial charge in [-0.15, -0.1) is 5.10 Å². The summed E-state index contributed by atoms with van der Waals surface area (Å²) in [6.45, 7) is 3.94. The molecule has 4 rings (SSSR count). The smallest absolute Gasteiger partial charge is 0.280 e. The van der Waals surface area contributed by atoms with Crippen molar-refractivity contribution in [1.82, 2.24) is 14.9 Å². The van der Waals surface area contributed by atoms with Crippen LogP contribution in [0.4, 0.5) is 5.69 Å². The van der Waals surface area contributed by atoms with Gasteiger partial charge in [0.05, 0.1) is 0 Å². The number of benzene rings is 2. The number of nitrogens with one attached hydrogen (secondary N) is 1. The number of amides is 2. The van der Waals surface area contributed by atoms with E-state index in [2.05, 4.69) is 14.9 Å². The van der Waals surface area contributed by atoms with E-state index in [4.69, 9.17) is 0 Å². The Hall–Kier alpha value is -3.06. The van der Waals surface area contributed by atoms with E-state index in [0.29, 0.717) is 5.69 Å². The second kappa shape index (κ2) is 9.39. The Kier molecular flexibility index (Phi) is 6.42. The summed E-state index contributed by atoms with van der Waals surface area (Å²) in [5.74, 6) is -0.509. The van der Waals surface area contributed by atoms with Crippen LogP contribution in [0, 0.1) is 13.8 Å². The first-order valence-corrected chi connectivity index (χ1v) is 11.4. The second-order valence-corrected chi connectivity index (χ2v) is 8.66. The van der Waals surface area contributed by atoms with E-state index in [1.54, 1.807) is 10.3 Å². The van der Waals surface area contributed by atoms with E-state index in [1.807, 2.05) is 62.4 Å². The first-order chi connectivity index (χ1) is 15.0. The largest absolute Gasteiger partial charge is 0.351 e. The van der Waals surface area contributed by atoms with Crippen molar-refractivity contribution in [3.63, 3.8) is 0 Å². The number of para-hydroxylation sites is 1. The fourth-order valence-corrected chi connectivity index (χ4v) is 4.53. The third kappa shape index (κ3) is 4.66. The fraction of sp³-hybridized carbons (Fsp3) is 0.333. The number of carbonyl (C=O) groups excluding carboxylic acids is 2. The van der Waals surface area contributed by atoms with Crippen molar-refractivity contribution in [3.05, 3.63) is 76.3 Å². The van der Waals surface area contributed by atoms with Gasteiger partial charge in [-0.3, -0.25) is 14.5 Å². The average Bonchev–Trinajstić information content (AvgIpc) is 3.47. The van der Waals surface area contributed by atoms with Gasteiger partial charge in [0.15, 0.2) is 5.69 Å². The molecular weight excluding hydrogens is 408 g/mol. The summed E-state index contributed by atoms with van der Waals surface area (Å²) in [7, 11) is 0. The molecule has 0 bridgehead atoms. The number of carbonyl (C=O) groups is 2. The molecule has 0 radical (unpaired) electrons. The second-order valence-electron chi connectivity index (χ2n) is 8.05. The Morgan fingerprint density at radius 2 is 1.77 bits per heavy atom. The minimum atomic E-state index is -0.809. The topological polar surface area (TPSA) is 75.2 Å². The summed E-state index contributed by atoms with van der Waals surface area (Å²) in [6, 6.07) is 14.7. The van der Waals surface area contributed by atoms with Gasteiger partial charge in [0.1, 0.15) is 6.04 Å². The average molecular weight is 435 g/mol. The predicted octanol–water partition coefficient (Wildman–Crippen LogP) is 4.60. The molecular formula is C24H26N4O2S. The van der Waals surface area contributed by atoms with Gasteiger partial charge < -0.3 is 5.32 Å². The van der Waals surface area contributed by atoms with Crippen LogP contribution in [0.5, 0.6) is 0 Å². The van der Waals surface area contributed by atoms with Gasteiger partial charge in [0, 0.05) is 17.1 Å². The lowest BCUT2D eigenvalue weighted by Gasteiger charge is -2.32. The van der Waals surface area contributed by atoms with E-state index < -0.39 is 6.04 Å². The van der Waals surface area contributed by atoms with Crippen molar-refractivity contribution in [2.24, 2.45) is 0 Å². The van der Waals surface area contributed by atoms with Crippen LogP contribution in [-0.4, -0.2) is 27.4 Å². The minimum absolute atomic E-state index is 0.148. The number of anilines is 1. The molecule has 0 saturated heterocycles. The maximum Gasteiger partial charge on any atom is 0.280 e. The van der Waals surface area contributed by atoms with Crippen LogP contribution in [0.2, 0.25) is 0 Å². The van der Waals surface area contributed by atoms with Gasteiger partial charge in [0.25, 0.3) is 5.91 Å². The first-order valence-electron chi connectivity index (χ1n) is 10.6. The van der Waals surface area contributed by atoms with E-state index in [9.17, 15) is 9.59 Å². The highest BCUT2D eigenvalue weighted by Crippen LogP contribution is 2.32. The van der Waals surface area contributed by atoms with Crippen molar-refractivity contribution < 1.29 is 9.59 Å². The van der Waals surface area contributed by atoms with Crippen LogP contribution in [0.1, 0.15) is 58.9 Å². The van der Waals surface area contributed by atoms with Crippen molar-refractivity contribution in [3.8, 4) is 0 Å². The maximum absolute atomic E-state index is 13.6. The van der Waals surface area contributed by atoms with Gasteiger partial charge in [-0.25, -0.2) is 0 Å². The van der Waals surface area contributed by atoms with Crippen molar-refractivity contribution in [1.29, 1.82) is 0 Å². The van der Waals surface area contributed by atoms with Crippen LogP contribution >= 0.6 is 11.5 Å². The molecule has 7 heteroatoms. The fourth-order valence-electron chi connectivity index (χ4n) is 4.10. The van der Waals surface area contributed by atoms with Crippen molar-refractivity contribution in [2.75, 3.05) is 4.90 Å². The summed E-state index contributed by atoms with van der Waals surface area (Å²) < 4.78 is 3.86. The molecule has 31 heavy (non-hydrogen) atoms. The third-order valence-corrected chi connectivity index (χ3v) is 6.28. The monoisotopic (exact) mass is 434 g/mol. The lowest BCUT2D eigenvalue weighted by Crippen LogP contribution is -2.46. The molecule has 1 aliphatic rings. The lowest BCUT2D eigenvalue weighted by atomic mass is 10.00. The van der Waals surface area contributed by atoms with Crippen molar-refractivity contribution in [2.45, 2.75) is 51.6 Å². The summed E-state index contributed by atoms with van der Waals surface area (Å²) in [4.78, 5) is 28.8. The third-order valence-electron chi connectivity index (χ3n) is 5.77. The van der Waals surface area contributed by atoms with Crippen LogP contribution in [0.3, 0.4) is 0 Å². The molecule has 2 aromatic carbocycles. The zero-order valence-corrected chi connectivity index (χ0v) is 18.6. The van der Waals surface area contributed by atoms with E-state index >= 15 is 0 Å². The van der Waals surface area contributed by atoms with Crippen LogP contribution in [0.15, 0.2) is 53.9 Å². The summed E-state index contributed by atoms with van der Waals surface area (Å²) in [6.07, 6.45) is 4.18. The molecule has 1 heterocycles. The predicted molar refractivity (Wildman–Crippen MR) is 122 cm³/mol. The Morgan fingerprint density at radius 3 is 2.42 bits per heavy atom. The molecule has 1 aromatic heterocycles. The quantitative estimate of drug-likeness (QED) is 0.615. The standard InChI is InChI=1S/C24H26N4O2S/c1-16-11-13-18(14-12-16)22(23(29)25-19-8-4-5-9-19)28(21-10-6-3-7-17(21)2)24(30)20-15-31-27-26-20/h3,6-7,10-15,19,22H,4-5,8-9H2,1-2H3,(H,25,29)/t22-/m1/s1. The number of hydrogen-bond acceptors (Lipinski definition) is 5. The molecule has 0 aliphatic heterocycles. The van der Waals surface area contributed by atoms with Gasteiger partial charge in [-0.2, -0.15) is 0 Å². The normalized spacial score (nSPS) is 14.9. The first kappa shape index (κ1) is 21.2. The lowest BCUT2D eigenvalue weighted by molar-refractivity contribution is -0.123. The minimum Gasteiger partial charge on any atom is -0.351 e. The van der Waals surface area contributed by atoms with Crippen LogP contribution < -0.4 is 10.2 Å².